The number of nitrogens with one attached hydrogen (secondary N) is 2. The van der Waals surface area contributed by atoms with Crippen LogP contribution in [-0.4, -0.2) is 9.97 Å². The zero-order valence-corrected chi connectivity index (χ0v) is 12.4. The second-order valence-corrected chi connectivity index (χ2v) is 5.19. The number of rotatable bonds is 5. The molecular weight excluding hydrogens is 274 g/mol. The minimum absolute atomic E-state index is 0.146. The van der Waals surface area contributed by atoms with Gasteiger partial charge in [-0.25, -0.2) is 4.98 Å². The molecule has 0 aliphatic rings. The van der Waals surface area contributed by atoms with Gasteiger partial charge in [-0.2, -0.15) is 0 Å². The maximum Gasteiger partial charge on any atom is 0.252 e. The topological polar surface area (TPSA) is 57.8 Å². The number of hydrogen-bond acceptors (Lipinski definition) is 3. The first-order valence-corrected chi connectivity index (χ1v) is 7.09. The number of hydrogen-bond donors (Lipinski definition) is 2. The number of halogens is 1. The highest BCUT2D eigenvalue weighted by Crippen LogP contribution is 2.21. The van der Waals surface area contributed by atoms with Crippen molar-refractivity contribution in [3.05, 3.63) is 50.9 Å². The van der Waals surface area contributed by atoms with E-state index in [1.54, 1.807) is 6.07 Å². The van der Waals surface area contributed by atoms with Crippen LogP contribution in [0.2, 0.25) is 5.02 Å². The fraction of sp³-hybridized carbons (Fsp3) is 0.333. The summed E-state index contributed by atoms with van der Waals surface area (Å²) in [7, 11) is 0. The van der Waals surface area contributed by atoms with Crippen molar-refractivity contribution >= 4 is 23.2 Å². The summed E-state index contributed by atoms with van der Waals surface area (Å²) in [5, 5.41) is 3.76. The summed E-state index contributed by atoms with van der Waals surface area (Å²) in [6.07, 6.45) is 2.90. The van der Waals surface area contributed by atoms with Gasteiger partial charge in [0.05, 0.1) is 0 Å². The third kappa shape index (κ3) is 3.84. The van der Waals surface area contributed by atoms with E-state index in [2.05, 4.69) is 22.2 Å². The molecule has 2 rings (SSSR count). The largest absolute Gasteiger partial charge is 0.326 e. The van der Waals surface area contributed by atoms with Crippen molar-refractivity contribution in [2.45, 2.75) is 33.1 Å². The van der Waals surface area contributed by atoms with Gasteiger partial charge in [0.2, 0.25) is 5.95 Å². The molecule has 0 aliphatic carbocycles. The third-order valence-corrected chi connectivity index (χ3v) is 3.42. The van der Waals surface area contributed by atoms with E-state index in [9.17, 15) is 4.79 Å². The van der Waals surface area contributed by atoms with Crippen LogP contribution in [0.5, 0.6) is 0 Å². The molecule has 0 unspecified atom stereocenters. The van der Waals surface area contributed by atoms with Crippen molar-refractivity contribution in [2.75, 3.05) is 5.32 Å². The lowest BCUT2D eigenvalue weighted by atomic mass is 10.2. The molecule has 0 fully saturated rings. The summed E-state index contributed by atoms with van der Waals surface area (Å²) < 4.78 is 0. The molecule has 20 heavy (non-hydrogen) atoms. The number of anilines is 2. The smallest absolute Gasteiger partial charge is 0.252 e. The van der Waals surface area contributed by atoms with E-state index >= 15 is 0 Å². The second kappa shape index (κ2) is 6.57. The van der Waals surface area contributed by atoms with E-state index in [0.717, 1.165) is 36.2 Å². The van der Waals surface area contributed by atoms with Gasteiger partial charge in [-0.1, -0.05) is 31.0 Å². The molecule has 0 aliphatic heterocycles. The van der Waals surface area contributed by atoms with Gasteiger partial charge in [0.15, 0.2) is 0 Å². The summed E-state index contributed by atoms with van der Waals surface area (Å²) in [5.41, 5.74) is 2.47. The van der Waals surface area contributed by atoms with Gasteiger partial charge < -0.3 is 5.32 Å². The zero-order chi connectivity index (χ0) is 14.5. The molecule has 0 radical (unpaired) electrons. The molecule has 5 heteroatoms. The number of aromatic nitrogens is 2. The van der Waals surface area contributed by atoms with Crippen molar-refractivity contribution in [1.29, 1.82) is 0 Å². The van der Waals surface area contributed by atoms with E-state index in [1.807, 2.05) is 25.1 Å². The zero-order valence-electron chi connectivity index (χ0n) is 11.7. The molecule has 0 saturated carbocycles. The number of H-pyrrole nitrogens is 1. The van der Waals surface area contributed by atoms with Gasteiger partial charge in [-0.3, -0.25) is 9.78 Å². The van der Waals surface area contributed by atoms with Crippen molar-refractivity contribution in [3.63, 3.8) is 0 Å². The van der Waals surface area contributed by atoms with Gasteiger partial charge in [0.1, 0.15) is 0 Å². The minimum Gasteiger partial charge on any atom is -0.326 e. The van der Waals surface area contributed by atoms with Crippen LogP contribution in [0.3, 0.4) is 0 Å². The fourth-order valence-corrected chi connectivity index (χ4v) is 2.04. The molecule has 1 aromatic carbocycles. The molecule has 0 bridgehead atoms. The van der Waals surface area contributed by atoms with Gasteiger partial charge in [-0.15, -0.1) is 0 Å². The number of benzene rings is 1. The van der Waals surface area contributed by atoms with Crippen LogP contribution in [-0.2, 0) is 6.42 Å². The molecular formula is C15H18ClN3O. The SMILES string of the molecule is CCCCc1cc(=O)[nH]c(Nc2ccc(C)c(Cl)c2)n1. The summed E-state index contributed by atoms with van der Waals surface area (Å²) in [6.45, 7) is 4.05. The maximum absolute atomic E-state index is 11.6. The Morgan fingerprint density at radius 2 is 2.15 bits per heavy atom. The number of nitrogens with zero attached hydrogens (tertiary/aromatic N) is 1. The third-order valence-electron chi connectivity index (χ3n) is 3.02. The number of unbranched alkanes of at least 4 members (excludes halogenated alkanes) is 1. The van der Waals surface area contributed by atoms with Crippen molar-refractivity contribution < 1.29 is 0 Å². The molecule has 106 valence electrons. The Balaban J connectivity index is 2.21. The molecule has 1 aromatic heterocycles. The average molecular weight is 292 g/mol. The van der Waals surface area contributed by atoms with Crippen LogP contribution < -0.4 is 10.9 Å². The molecule has 1 heterocycles. The lowest BCUT2D eigenvalue weighted by molar-refractivity contribution is 0.772. The van der Waals surface area contributed by atoms with Gasteiger partial charge in [0.25, 0.3) is 5.56 Å². The summed E-state index contributed by atoms with van der Waals surface area (Å²) in [6, 6.07) is 7.18. The standard InChI is InChI=1S/C15H18ClN3O/c1-3-4-5-11-9-14(20)19-15(17-11)18-12-7-6-10(2)13(16)8-12/h6-9H,3-5H2,1-2H3,(H2,17,18,19,20). The lowest BCUT2D eigenvalue weighted by Gasteiger charge is -2.08. The van der Waals surface area contributed by atoms with Crippen LogP contribution >= 0.6 is 11.6 Å². The Bertz CT molecular complexity index is 652. The highest BCUT2D eigenvalue weighted by atomic mass is 35.5. The van der Waals surface area contributed by atoms with E-state index in [1.165, 1.54) is 0 Å². The first-order chi connectivity index (χ1) is 9.58. The van der Waals surface area contributed by atoms with Crippen molar-refractivity contribution in [1.82, 2.24) is 9.97 Å². The minimum atomic E-state index is -0.146. The van der Waals surface area contributed by atoms with Crippen LogP contribution in [0.1, 0.15) is 31.0 Å². The second-order valence-electron chi connectivity index (χ2n) is 4.78. The first-order valence-electron chi connectivity index (χ1n) is 6.72. The van der Waals surface area contributed by atoms with Gasteiger partial charge >= 0.3 is 0 Å². The Labute approximate surface area is 123 Å². The predicted molar refractivity (Wildman–Crippen MR) is 82.9 cm³/mol. The lowest BCUT2D eigenvalue weighted by Crippen LogP contribution is -2.12. The Morgan fingerprint density at radius 1 is 1.35 bits per heavy atom. The molecule has 0 amide bonds. The van der Waals surface area contributed by atoms with E-state index in [-0.39, 0.29) is 5.56 Å². The average Bonchev–Trinajstić information content (AvgIpc) is 2.40. The highest BCUT2D eigenvalue weighted by molar-refractivity contribution is 6.31. The van der Waals surface area contributed by atoms with Gasteiger partial charge in [-0.05, 0) is 37.5 Å². The quantitative estimate of drug-likeness (QED) is 0.880. The Kier molecular flexibility index (Phi) is 4.79. The molecule has 0 saturated heterocycles. The predicted octanol–water partition coefficient (Wildman–Crippen LogP) is 3.82. The Hall–Kier alpha value is -1.81. The summed E-state index contributed by atoms with van der Waals surface area (Å²) >= 11 is 6.08. The van der Waals surface area contributed by atoms with Gasteiger partial charge in [0, 0.05) is 22.5 Å². The van der Waals surface area contributed by atoms with Crippen LogP contribution in [0.4, 0.5) is 11.6 Å². The number of aryl methyl sites for hydroxylation is 2. The number of aromatic amines is 1. The molecule has 0 atom stereocenters. The Morgan fingerprint density at radius 3 is 2.85 bits per heavy atom. The van der Waals surface area contributed by atoms with E-state index in [0.29, 0.717) is 11.0 Å². The maximum atomic E-state index is 11.6. The molecule has 0 spiro atoms. The summed E-state index contributed by atoms with van der Waals surface area (Å²) in [5.74, 6) is 0.448. The van der Waals surface area contributed by atoms with Crippen molar-refractivity contribution in [2.24, 2.45) is 0 Å². The van der Waals surface area contributed by atoms with Crippen LogP contribution in [0.25, 0.3) is 0 Å². The first kappa shape index (κ1) is 14.6. The monoisotopic (exact) mass is 291 g/mol. The highest BCUT2D eigenvalue weighted by Gasteiger charge is 2.03. The van der Waals surface area contributed by atoms with Crippen LogP contribution in [0.15, 0.2) is 29.1 Å². The van der Waals surface area contributed by atoms with Crippen molar-refractivity contribution in [3.8, 4) is 0 Å². The van der Waals surface area contributed by atoms with E-state index in [4.69, 9.17) is 11.6 Å². The molecule has 2 aromatic rings. The fourth-order valence-electron chi connectivity index (χ4n) is 1.86. The molecule has 4 nitrogen and oxygen atoms in total. The molecule has 2 N–H and O–H groups in total. The van der Waals surface area contributed by atoms with E-state index < -0.39 is 0 Å². The summed E-state index contributed by atoms with van der Waals surface area (Å²) in [4.78, 5) is 18.7. The van der Waals surface area contributed by atoms with Crippen LogP contribution in [0, 0.1) is 6.92 Å². The normalized spacial score (nSPS) is 10.6.